The predicted octanol–water partition coefficient (Wildman–Crippen LogP) is 2.27. The smallest absolute Gasteiger partial charge is 0.270 e. The minimum absolute atomic E-state index is 0.242. The van der Waals surface area contributed by atoms with Crippen LogP contribution in [0.4, 0.5) is 0 Å². The fourth-order valence-electron chi connectivity index (χ4n) is 2.99. The van der Waals surface area contributed by atoms with Crippen molar-refractivity contribution in [2.75, 3.05) is 7.05 Å². The van der Waals surface area contributed by atoms with Crippen molar-refractivity contribution in [3.8, 4) is 0 Å². The fourth-order valence-corrected chi connectivity index (χ4v) is 2.99. The van der Waals surface area contributed by atoms with Gasteiger partial charge >= 0.3 is 0 Å². The van der Waals surface area contributed by atoms with Gasteiger partial charge in [0.2, 0.25) is 5.91 Å². The van der Waals surface area contributed by atoms with Crippen LogP contribution in [-0.4, -0.2) is 34.9 Å². The number of para-hydroxylation sites is 1. The number of fused-ring (bicyclic) bond motifs is 1. The number of hydrogen-bond donors (Lipinski definition) is 3. The number of carbonyl (C=O) groups excluding carboxylic acids is 2. The van der Waals surface area contributed by atoms with Gasteiger partial charge in [-0.3, -0.25) is 9.59 Å². The summed E-state index contributed by atoms with van der Waals surface area (Å²) in [6, 6.07) is 10.9. The van der Waals surface area contributed by atoms with Crippen molar-refractivity contribution in [1.29, 1.82) is 0 Å². The van der Waals surface area contributed by atoms with E-state index in [0.717, 1.165) is 27.7 Å². The lowest BCUT2D eigenvalue weighted by Crippen LogP contribution is -2.47. The van der Waals surface area contributed by atoms with Crippen molar-refractivity contribution >= 4 is 22.7 Å². The highest BCUT2D eigenvalue weighted by atomic mass is 16.2. The summed E-state index contributed by atoms with van der Waals surface area (Å²) in [6.07, 6.45) is 2.27. The van der Waals surface area contributed by atoms with Crippen LogP contribution in [0.15, 0.2) is 42.6 Å². The number of pyridine rings is 1. The average Bonchev–Trinajstić information content (AvgIpc) is 3.05. The first kappa shape index (κ1) is 17.7. The van der Waals surface area contributed by atoms with Gasteiger partial charge in [-0.1, -0.05) is 24.3 Å². The second kappa shape index (κ2) is 7.39. The van der Waals surface area contributed by atoms with Gasteiger partial charge in [0.05, 0.1) is 0 Å². The first-order chi connectivity index (χ1) is 12.5. The molecule has 6 heteroatoms. The molecule has 1 aromatic carbocycles. The number of aromatic nitrogens is 2. The molecule has 3 aromatic rings. The monoisotopic (exact) mass is 350 g/mol. The maximum Gasteiger partial charge on any atom is 0.270 e. The summed E-state index contributed by atoms with van der Waals surface area (Å²) in [4.78, 5) is 32.5. The summed E-state index contributed by atoms with van der Waals surface area (Å²) in [7, 11) is 1.56. The highest BCUT2D eigenvalue weighted by Crippen LogP contribution is 2.19. The van der Waals surface area contributed by atoms with Crippen molar-refractivity contribution in [2.45, 2.75) is 26.3 Å². The van der Waals surface area contributed by atoms with Gasteiger partial charge in [0.15, 0.2) is 0 Å². The van der Waals surface area contributed by atoms with Gasteiger partial charge in [-0.25, -0.2) is 4.98 Å². The lowest BCUT2D eigenvalue weighted by Gasteiger charge is -2.17. The Morgan fingerprint density at radius 3 is 2.69 bits per heavy atom. The van der Waals surface area contributed by atoms with Gasteiger partial charge in [0.1, 0.15) is 11.7 Å². The number of rotatable bonds is 5. The van der Waals surface area contributed by atoms with E-state index in [-0.39, 0.29) is 11.8 Å². The maximum atomic E-state index is 12.7. The second-order valence-electron chi connectivity index (χ2n) is 6.32. The number of amides is 2. The Morgan fingerprint density at radius 2 is 1.92 bits per heavy atom. The zero-order valence-corrected chi connectivity index (χ0v) is 15.1. The molecule has 0 fully saturated rings. The van der Waals surface area contributed by atoms with E-state index in [4.69, 9.17) is 0 Å². The molecule has 0 aliphatic carbocycles. The van der Waals surface area contributed by atoms with E-state index >= 15 is 0 Å². The van der Waals surface area contributed by atoms with Crippen molar-refractivity contribution in [3.05, 3.63) is 65.1 Å². The molecule has 0 unspecified atom stereocenters. The first-order valence-corrected chi connectivity index (χ1v) is 8.51. The molecular weight excluding hydrogens is 328 g/mol. The van der Waals surface area contributed by atoms with Crippen LogP contribution < -0.4 is 10.6 Å². The zero-order valence-electron chi connectivity index (χ0n) is 15.1. The predicted molar refractivity (Wildman–Crippen MR) is 101 cm³/mol. The van der Waals surface area contributed by atoms with Crippen molar-refractivity contribution in [2.24, 2.45) is 0 Å². The largest absolute Gasteiger partial charge is 0.361 e. The summed E-state index contributed by atoms with van der Waals surface area (Å²) < 4.78 is 0. The molecule has 0 spiro atoms. The molecule has 134 valence electrons. The van der Waals surface area contributed by atoms with Crippen LogP contribution in [-0.2, 0) is 11.2 Å². The van der Waals surface area contributed by atoms with E-state index < -0.39 is 6.04 Å². The van der Waals surface area contributed by atoms with Gasteiger partial charge in [-0.15, -0.1) is 0 Å². The first-order valence-electron chi connectivity index (χ1n) is 8.51. The van der Waals surface area contributed by atoms with E-state index in [1.807, 2.05) is 56.4 Å². The lowest BCUT2D eigenvalue weighted by molar-refractivity contribution is -0.122. The Bertz CT molecular complexity index is 961. The van der Waals surface area contributed by atoms with Crippen LogP contribution in [0.5, 0.6) is 0 Å². The number of aryl methyl sites for hydroxylation is 2. The molecule has 2 heterocycles. The lowest BCUT2D eigenvalue weighted by atomic mass is 10.0. The highest BCUT2D eigenvalue weighted by Gasteiger charge is 2.23. The number of nitrogens with zero attached hydrogens (tertiary/aromatic N) is 1. The van der Waals surface area contributed by atoms with E-state index in [2.05, 4.69) is 20.6 Å². The van der Waals surface area contributed by atoms with E-state index in [0.29, 0.717) is 12.1 Å². The Balaban J connectivity index is 1.85. The molecule has 0 aliphatic heterocycles. The zero-order chi connectivity index (χ0) is 18.7. The molecule has 0 radical (unpaired) electrons. The van der Waals surface area contributed by atoms with Gasteiger partial charge in [0, 0.05) is 36.3 Å². The Hall–Kier alpha value is -3.15. The van der Waals surface area contributed by atoms with Crippen LogP contribution in [0.2, 0.25) is 0 Å². The van der Waals surface area contributed by atoms with Gasteiger partial charge in [0.25, 0.3) is 5.91 Å². The van der Waals surface area contributed by atoms with E-state index in [1.165, 1.54) is 0 Å². The van der Waals surface area contributed by atoms with Crippen LogP contribution in [0.1, 0.15) is 27.3 Å². The third-order valence-corrected chi connectivity index (χ3v) is 4.42. The number of aromatic amines is 1. The van der Waals surface area contributed by atoms with Crippen molar-refractivity contribution in [1.82, 2.24) is 20.6 Å². The van der Waals surface area contributed by atoms with Crippen LogP contribution in [0, 0.1) is 13.8 Å². The molecule has 2 aromatic heterocycles. The summed E-state index contributed by atoms with van der Waals surface area (Å²) >= 11 is 0. The number of likely N-dealkylation sites (N-methyl/N-ethyl adjacent to an activating group) is 1. The van der Waals surface area contributed by atoms with Gasteiger partial charge < -0.3 is 15.6 Å². The topological polar surface area (TPSA) is 86.9 Å². The number of carbonyl (C=O) groups is 2. The normalized spacial score (nSPS) is 12.0. The molecule has 3 rings (SSSR count). The molecule has 0 saturated heterocycles. The number of nitrogens with one attached hydrogen (secondary N) is 3. The summed E-state index contributed by atoms with van der Waals surface area (Å²) in [5.74, 6) is -0.589. The standard InChI is InChI=1S/C20H22N4O2/c1-12-8-9-13(2)23-18(12)20(26)24-17(19(25)21-3)10-14-11-22-16-7-5-4-6-15(14)16/h4-9,11,17,22H,10H2,1-3H3,(H,21,25)(H,24,26)/t17-/m0/s1. The maximum absolute atomic E-state index is 12.7. The van der Waals surface area contributed by atoms with Crippen LogP contribution in [0.3, 0.4) is 0 Å². The van der Waals surface area contributed by atoms with Gasteiger partial charge in [-0.2, -0.15) is 0 Å². The molecule has 6 nitrogen and oxygen atoms in total. The third-order valence-electron chi connectivity index (χ3n) is 4.42. The minimum atomic E-state index is -0.687. The Labute approximate surface area is 152 Å². The second-order valence-corrected chi connectivity index (χ2v) is 6.32. The summed E-state index contributed by atoms with van der Waals surface area (Å²) in [6.45, 7) is 3.66. The quantitative estimate of drug-likeness (QED) is 0.660. The summed E-state index contributed by atoms with van der Waals surface area (Å²) in [5.41, 5.74) is 3.85. The minimum Gasteiger partial charge on any atom is -0.361 e. The Kier molecular flexibility index (Phi) is 5.02. The molecular formula is C20H22N4O2. The molecule has 3 N–H and O–H groups in total. The van der Waals surface area contributed by atoms with Gasteiger partial charge in [-0.05, 0) is 37.1 Å². The molecule has 2 amide bonds. The highest BCUT2D eigenvalue weighted by molar-refractivity contribution is 5.97. The fraction of sp³-hybridized carbons (Fsp3) is 0.250. The molecule has 0 aliphatic rings. The van der Waals surface area contributed by atoms with E-state index in [1.54, 1.807) is 7.05 Å². The third kappa shape index (κ3) is 3.59. The van der Waals surface area contributed by atoms with E-state index in [9.17, 15) is 9.59 Å². The summed E-state index contributed by atoms with van der Waals surface area (Å²) in [5, 5.41) is 6.49. The SMILES string of the molecule is CNC(=O)[C@H](Cc1c[nH]c2ccccc12)NC(=O)c1nc(C)ccc1C. The molecule has 0 saturated carbocycles. The van der Waals surface area contributed by atoms with Crippen molar-refractivity contribution < 1.29 is 9.59 Å². The number of H-pyrrole nitrogens is 1. The molecule has 1 atom stereocenters. The van der Waals surface area contributed by atoms with Crippen LogP contribution in [0.25, 0.3) is 10.9 Å². The number of hydrogen-bond acceptors (Lipinski definition) is 3. The Morgan fingerprint density at radius 1 is 1.15 bits per heavy atom. The molecule has 0 bridgehead atoms. The molecule has 26 heavy (non-hydrogen) atoms. The van der Waals surface area contributed by atoms with Crippen molar-refractivity contribution in [3.63, 3.8) is 0 Å². The number of benzene rings is 1. The van der Waals surface area contributed by atoms with Crippen LogP contribution >= 0.6 is 0 Å². The average molecular weight is 350 g/mol.